The van der Waals surface area contributed by atoms with Crippen LogP contribution in [0.1, 0.15) is 11.1 Å². The van der Waals surface area contributed by atoms with E-state index in [0.29, 0.717) is 24.4 Å². The number of amides is 1. The summed E-state index contributed by atoms with van der Waals surface area (Å²) < 4.78 is 6.13. The van der Waals surface area contributed by atoms with Gasteiger partial charge in [-0.1, -0.05) is 30.3 Å². The lowest BCUT2D eigenvalue weighted by Gasteiger charge is -2.36. The number of nitro groups is 1. The molecule has 0 aromatic heterocycles. The van der Waals surface area contributed by atoms with E-state index in [2.05, 4.69) is 5.32 Å². The Morgan fingerprint density at radius 3 is 2.75 bits per heavy atom. The SMILES string of the molecule is O=C1CN2CCOC2(c2ccccc2)c2cc([N+](=O)[O-])ccc2N1. The zero-order chi connectivity index (χ0) is 16.7. The molecular weight excluding hydrogens is 310 g/mol. The summed E-state index contributed by atoms with van der Waals surface area (Å²) in [5.41, 5.74) is 0.948. The summed E-state index contributed by atoms with van der Waals surface area (Å²) in [5, 5.41) is 14.1. The number of carbonyl (C=O) groups excluding carboxylic acids is 1. The van der Waals surface area contributed by atoms with Crippen LogP contribution in [-0.2, 0) is 15.3 Å². The van der Waals surface area contributed by atoms with Crippen LogP contribution in [0.15, 0.2) is 48.5 Å². The Morgan fingerprint density at radius 1 is 1.21 bits per heavy atom. The number of anilines is 1. The first-order chi connectivity index (χ1) is 11.6. The Kier molecular flexibility index (Phi) is 3.33. The highest BCUT2D eigenvalue weighted by atomic mass is 16.6. The molecule has 4 rings (SSSR count). The molecule has 2 aromatic rings. The van der Waals surface area contributed by atoms with Gasteiger partial charge in [0.1, 0.15) is 0 Å². The van der Waals surface area contributed by atoms with Crippen LogP contribution in [0.2, 0.25) is 0 Å². The lowest BCUT2D eigenvalue weighted by Crippen LogP contribution is -2.44. The Morgan fingerprint density at radius 2 is 2.00 bits per heavy atom. The molecule has 24 heavy (non-hydrogen) atoms. The van der Waals surface area contributed by atoms with E-state index >= 15 is 0 Å². The van der Waals surface area contributed by atoms with E-state index in [1.165, 1.54) is 12.1 Å². The van der Waals surface area contributed by atoms with Gasteiger partial charge in [0.05, 0.1) is 18.1 Å². The largest absolute Gasteiger partial charge is 0.350 e. The molecule has 2 aromatic carbocycles. The topological polar surface area (TPSA) is 84.7 Å². The van der Waals surface area contributed by atoms with Crippen LogP contribution in [0.4, 0.5) is 11.4 Å². The third-order valence-corrected chi connectivity index (χ3v) is 4.47. The van der Waals surface area contributed by atoms with Gasteiger partial charge in [-0.05, 0) is 6.07 Å². The average Bonchev–Trinajstić information content (AvgIpc) is 2.95. The fraction of sp³-hybridized carbons (Fsp3) is 0.235. The fourth-order valence-corrected chi connectivity index (χ4v) is 3.47. The van der Waals surface area contributed by atoms with E-state index < -0.39 is 10.6 Å². The molecule has 122 valence electrons. The van der Waals surface area contributed by atoms with Crippen LogP contribution in [-0.4, -0.2) is 35.4 Å². The summed E-state index contributed by atoms with van der Waals surface area (Å²) in [6.45, 7) is 1.19. The number of hydrogen-bond acceptors (Lipinski definition) is 5. The van der Waals surface area contributed by atoms with Crippen molar-refractivity contribution in [2.75, 3.05) is 25.0 Å². The van der Waals surface area contributed by atoms with Gasteiger partial charge in [0.25, 0.3) is 5.69 Å². The molecule has 1 N–H and O–H groups in total. The van der Waals surface area contributed by atoms with Gasteiger partial charge < -0.3 is 10.1 Å². The van der Waals surface area contributed by atoms with Crippen molar-refractivity contribution in [1.29, 1.82) is 0 Å². The lowest BCUT2D eigenvalue weighted by atomic mass is 9.91. The molecule has 1 atom stereocenters. The van der Waals surface area contributed by atoms with Gasteiger partial charge in [-0.25, -0.2) is 0 Å². The maximum absolute atomic E-state index is 12.2. The number of non-ortho nitro benzene ring substituents is 1. The number of rotatable bonds is 2. The first-order valence-electron chi connectivity index (χ1n) is 7.64. The van der Waals surface area contributed by atoms with Crippen molar-refractivity contribution in [3.8, 4) is 0 Å². The Labute approximate surface area is 138 Å². The van der Waals surface area contributed by atoms with Gasteiger partial charge in [-0.15, -0.1) is 0 Å². The minimum Gasteiger partial charge on any atom is -0.350 e. The third-order valence-electron chi connectivity index (χ3n) is 4.47. The zero-order valence-electron chi connectivity index (χ0n) is 12.8. The number of carbonyl (C=O) groups is 1. The average molecular weight is 325 g/mol. The maximum atomic E-state index is 12.2. The zero-order valence-corrected chi connectivity index (χ0v) is 12.8. The standard InChI is InChI=1S/C17H15N3O4/c21-16-11-19-8-9-24-17(19,12-4-2-1-3-5-12)14-10-13(20(22)23)6-7-15(14)18-16/h1-7,10H,8-9,11H2,(H,18,21). The van der Waals surface area contributed by atoms with Crippen LogP contribution in [0.3, 0.4) is 0 Å². The Balaban J connectivity index is 2.01. The molecule has 2 aliphatic rings. The van der Waals surface area contributed by atoms with Crippen LogP contribution in [0.25, 0.3) is 0 Å². The minimum absolute atomic E-state index is 0.0318. The lowest BCUT2D eigenvalue weighted by molar-refractivity contribution is -0.385. The van der Waals surface area contributed by atoms with Gasteiger partial charge in [0, 0.05) is 35.5 Å². The highest BCUT2D eigenvalue weighted by Crippen LogP contribution is 2.46. The number of nitrogens with zero attached hydrogens (tertiary/aromatic N) is 2. The van der Waals surface area contributed by atoms with E-state index in [0.717, 1.165) is 5.56 Å². The molecule has 2 heterocycles. The molecule has 1 saturated heterocycles. The highest BCUT2D eigenvalue weighted by Gasteiger charge is 2.49. The maximum Gasteiger partial charge on any atom is 0.270 e. The summed E-state index contributed by atoms with van der Waals surface area (Å²) in [7, 11) is 0. The van der Waals surface area contributed by atoms with E-state index in [1.54, 1.807) is 6.07 Å². The number of hydrogen-bond donors (Lipinski definition) is 1. The number of nitrogens with one attached hydrogen (secondary N) is 1. The van der Waals surface area contributed by atoms with E-state index in [9.17, 15) is 14.9 Å². The van der Waals surface area contributed by atoms with Gasteiger partial charge in [0.15, 0.2) is 5.72 Å². The Hall–Kier alpha value is -2.77. The molecule has 0 radical (unpaired) electrons. The number of nitro benzene ring substituents is 1. The third kappa shape index (κ3) is 2.10. The predicted molar refractivity (Wildman–Crippen MR) is 86.5 cm³/mol. The quantitative estimate of drug-likeness (QED) is 0.675. The first-order valence-corrected chi connectivity index (χ1v) is 7.64. The van der Waals surface area contributed by atoms with Crippen molar-refractivity contribution in [3.05, 3.63) is 69.8 Å². The van der Waals surface area contributed by atoms with Gasteiger partial charge in [0.2, 0.25) is 5.91 Å². The molecule has 7 heteroatoms. The normalized spacial score (nSPS) is 23.1. The minimum atomic E-state index is -0.998. The second-order valence-corrected chi connectivity index (χ2v) is 5.82. The van der Waals surface area contributed by atoms with E-state index in [-0.39, 0.29) is 18.1 Å². The molecule has 7 nitrogen and oxygen atoms in total. The monoisotopic (exact) mass is 325 g/mol. The number of benzene rings is 2. The summed E-state index contributed by atoms with van der Waals surface area (Å²) in [6.07, 6.45) is 0. The van der Waals surface area contributed by atoms with Gasteiger partial charge in [-0.3, -0.25) is 19.8 Å². The van der Waals surface area contributed by atoms with Crippen molar-refractivity contribution >= 4 is 17.3 Å². The number of ether oxygens (including phenoxy) is 1. The molecule has 2 aliphatic heterocycles. The Bertz CT molecular complexity index is 824. The van der Waals surface area contributed by atoms with E-state index in [1.807, 2.05) is 35.2 Å². The summed E-state index contributed by atoms with van der Waals surface area (Å²) in [6, 6.07) is 14.0. The smallest absolute Gasteiger partial charge is 0.270 e. The van der Waals surface area contributed by atoms with Gasteiger partial charge in [-0.2, -0.15) is 0 Å². The second-order valence-electron chi connectivity index (χ2n) is 5.82. The van der Waals surface area contributed by atoms with Crippen LogP contribution >= 0.6 is 0 Å². The molecule has 1 amide bonds. The van der Waals surface area contributed by atoms with Crippen molar-refractivity contribution in [2.24, 2.45) is 0 Å². The van der Waals surface area contributed by atoms with E-state index in [4.69, 9.17) is 4.74 Å². The second kappa shape index (κ2) is 5.40. The van der Waals surface area contributed by atoms with Crippen molar-refractivity contribution in [3.63, 3.8) is 0 Å². The van der Waals surface area contributed by atoms with Crippen molar-refractivity contribution in [1.82, 2.24) is 4.90 Å². The molecule has 1 fully saturated rings. The van der Waals surface area contributed by atoms with Crippen molar-refractivity contribution in [2.45, 2.75) is 5.72 Å². The molecule has 0 aliphatic carbocycles. The van der Waals surface area contributed by atoms with Crippen LogP contribution in [0, 0.1) is 10.1 Å². The van der Waals surface area contributed by atoms with Crippen LogP contribution < -0.4 is 5.32 Å². The predicted octanol–water partition coefficient (Wildman–Crippen LogP) is 2.08. The van der Waals surface area contributed by atoms with Gasteiger partial charge >= 0.3 is 0 Å². The fourth-order valence-electron chi connectivity index (χ4n) is 3.47. The molecule has 0 spiro atoms. The highest BCUT2D eigenvalue weighted by molar-refractivity contribution is 5.94. The molecule has 1 unspecified atom stereocenters. The first kappa shape index (κ1) is 14.8. The summed E-state index contributed by atoms with van der Waals surface area (Å²) in [5.74, 6) is -0.159. The molecular formula is C17H15N3O4. The summed E-state index contributed by atoms with van der Waals surface area (Å²) in [4.78, 5) is 25.0. The molecule has 0 saturated carbocycles. The molecule has 0 bridgehead atoms. The summed E-state index contributed by atoms with van der Waals surface area (Å²) >= 11 is 0. The van der Waals surface area contributed by atoms with Crippen molar-refractivity contribution < 1.29 is 14.5 Å². The number of fused-ring (bicyclic) bond motifs is 3. The van der Waals surface area contributed by atoms with Crippen LogP contribution in [0.5, 0.6) is 0 Å².